The quantitative estimate of drug-likeness (QED) is 0.419. The molecule has 0 saturated heterocycles. The zero-order chi connectivity index (χ0) is 28.9. The summed E-state index contributed by atoms with van der Waals surface area (Å²) >= 11 is 0. The van der Waals surface area contributed by atoms with Crippen molar-refractivity contribution in [1.29, 1.82) is 0 Å². The number of Topliss-reactive ketones (excluding diaryl/α,β-unsaturated/α-hetero) is 1. The van der Waals surface area contributed by atoms with Crippen molar-refractivity contribution >= 4 is 17.4 Å². The molecule has 0 unspecified atom stereocenters. The van der Waals surface area contributed by atoms with Gasteiger partial charge in [0.2, 0.25) is 11.4 Å². The summed E-state index contributed by atoms with van der Waals surface area (Å²) in [5.41, 5.74) is 6.09. The van der Waals surface area contributed by atoms with Crippen molar-refractivity contribution in [2.75, 3.05) is 28.3 Å². The third kappa shape index (κ3) is 3.29. The predicted molar refractivity (Wildman–Crippen MR) is 146 cm³/mol. The minimum atomic E-state index is -1.55. The zero-order valence-corrected chi connectivity index (χ0v) is 23.6. The number of hydrogen-bond donors (Lipinski definition) is 4. The van der Waals surface area contributed by atoms with E-state index in [1.165, 1.54) is 12.7 Å². The van der Waals surface area contributed by atoms with E-state index in [4.69, 9.17) is 15.2 Å². The number of rotatable bonds is 6. The number of amides is 1. The van der Waals surface area contributed by atoms with Gasteiger partial charge in [-0.05, 0) is 72.2 Å². The Morgan fingerprint density at radius 1 is 1.23 bits per heavy atom. The fourth-order valence-corrected chi connectivity index (χ4v) is 7.77. The second kappa shape index (κ2) is 8.75. The van der Waals surface area contributed by atoms with Gasteiger partial charge < -0.3 is 30.5 Å². The lowest BCUT2D eigenvalue weighted by molar-refractivity contribution is -0.153. The lowest BCUT2D eigenvalue weighted by Crippen LogP contribution is -2.67. The molecule has 6 rings (SSSR count). The molecule has 2 saturated carbocycles. The first kappa shape index (κ1) is 26.7. The average molecular weight is 552 g/mol. The number of carbonyl (C=O) groups is 2. The van der Waals surface area contributed by atoms with Crippen LogP contribution in [-0.2, 0) is 27.3 Å². The Morgan fingerprint density at radius 3 is 2.45 bits per heavy atom. The summed E-state index contributed by atoms with van der Waals surface area (Å²) in [5.74, 6) is -2.30. The smallest absolute Gasteiger partial charge is 0.252 e. The zero-order valence-electron chi connectivity index (χ0n) is 23.6. The number of aliphatic hydroxyl groups excluding tert-OH is 2. The molecule has 4 atom stereocenters. The van der Waals surface area contributed by atoms with Gasteiger partial charge in [0.05, 0.1) is 36.1 Å². The Hall–Kier alpha value is -3.50. The fourth-order valence-electron chi connectivity index (χ4n) is 7.77. The Morgan fingerprint density at radius 2 is 1.93 bits per heavy atom. The summed E-state index contributed by atoms with van der Waals surface area (Å²) < 4.78 is 11.8. The van der Waals surface area contributed by atoms with Gasteiger partial charge in [0.1, 0.15) is 23.0 Å². The van der Waals surface area contributed by atoms with Crippen molar-refractivity contribution in [2.24, 2.45) is 17.6 Å². The maximum atomic E-state index is 14.3. The van der Waals surface area contributed by atoms with Gasteiger partial charge in [0.15, 0.2) is 0 Å². The molecule has 2 fully saturated rings. The molecular weight excluding hydrogens is 514 g/mol. The SMILES string of the molecule is COc1c(CN(C)C2(C)CCC2)cc(O)c2c1C[C@H]1C[C@H]3[C@H](N(C)C)C(O)=C(C(N)=O)C4=CO[C@@]43C(=O)C1=C2O. The first-order valence-electron chi connectivity index (χ1n) is 13.8. The molecule has 40 heavy (non-hydrogen) atoms. The molecule has 1 aromatic carbocycles. The van der Waals surface area contributed by atoms with E-state index in [2.05, 4.69) is 18.9 Å². The molecule has 1 amide bonds. The Labute approximate surface area is 233 Å². The van der Waals surface area contributed by atoms with Crippen LogP contribution in [0.2, 0.25) is 0 Å². The van der Waals surface area contributed by atoms with E-state index in [1.807, 2.05) is 0 Å². The maximum Gasteiger partial charge on any atom is 0.252 e. The van der Waals surface area contributed by atoms with Crippen molar-refractivity contribution in [3.05, 3.63) is 51.5 Å². The van der Waals surface area contributed by atoms with Gasteiger partial charge in [0.25, 0.3) is 5.91 Å². The number of fused-ring (bicyclic) bond motifs is 2. The van der Waals surface area contributed by atoms with Crippen LogP contribution in [0.3, 0.4) is 0 Å². The van der Waals surface area contributed by atoms with E-state index < -0.39 is 35.2 Å². The van der Waals surface area contributed by atoms with Crippen molar-refractivity contribution < 1.29 is 34.4 Å². The van der Waals surface area contributed by atoms with Gasteiger partial charge in [-0.15, -0.1) is 0 Å². The number of nitrogens with zero attached hydrogens (tertiary/aromatic N) is 2. The molecule has 10 heteroatoms. The fraction of sp³-hybridized carbons (Fsp3) is 0.533. The molecule has 5 N–H and O–H groups in total. The molecule has 214 valence electrons. The number of ketones is 1. The van der Waals surface area contributed by atoms with E-state index >= 15 is 0 Å². The van der Waals surface area contributed by atoms with Gasteiger partial charge in [0, 0.05) is 34.7 Å². The number of aromatic hydroxyl groups is 1. The Balaban J connectivity index is 1.47. The summed E-state index contributed by atoms with van der Waals surface area (Å²) in [6, 6.07) is 0.911. The predicted octanol–water partition coefficient (Wildman–Crippen LogP) is 2.70. The number of hydrogen-bond acceptors (Lipinski definition) is 9. The van der Waals surface area contributed by atoms with Crippen LogP contribution in [0.4, 0.5) is 0 Å². The van der Waals surface area contributed by atoms with Gasteiger partial charge in [-0.25, -0.2) is 0 Å². The van der Waals surface area contributed by atoms with E-state index in [-0.39, 0.29) is 45.1 Å². The molecule has 1 heterocycles. The normalized spacial score (nSPS) is 29.9. The monoisotopic (exact) mass is 551 g/mol. The highest BCUT2D eigenvalue weighted by Gasteiger charge is 2.68. The number of benzene rings is 1. The average Bonchev–Trinajstić information content (AvgIpc) is 2.83. The van der Waals surface area contributed by atoms with Crippen molar-refractivity contribution in [3.63, 3.8) is 0 Å². The second-order valence-electron chi connectivity index (χ2n) is 12.4. The molecule has 0 radical (unpaired) electrons. The number of likely N-dealkylation sites (N-methyl/N-ethyl adjacent to an activating group) is 1. The van der Waals surface area contributed by atoms with Crippen LogP contribution in [0.25, 0.3) is 5.76 Å². The molecule has 1 aromatic rings. The van der Waals surface area contributed by atoms with Crippen molar-refractivity contribution in [3.8, 4) is 11.5 Å². The number of carbonyl (C=O) groups excluding carboxylic acids is 2. The number of phenolic OH excluding ortho intramolecular Hbond substituents is 1. The van der Waals surface area contributed by atoms with Gasteiger partial charge in [-0.3, -0.25) is 19.4 Å². The summed E-state index contributed by atoms with van der Waals surface area (Å²) in [5, 5.41) is 33.9. The lowest BCUT2D eigenvalue weighted by Gasteiger charge is -2.56. The third-order valence-corrected chi connectivity index (χ3v) is 10.1. The maximum absolute atomic E-state index is 14.3. The van der Waals surface area contributed by atoms with E-state index in [0.717, 1.165) is 18.4 Å². The Bertz CT molecular complexity index is 1440. The highest BCUT2D eigenvalue weighted by molar-refractivity contribution is 6.15. The number of ether oxygens (including phenoxy) is 2. The van der Waals surface area contributed by atoms with Crippen LogP contribution in [0, 0.1) is 11.8 Å². The van der Waals surface area contributed by atoms with Crippen molar-refractivity contribution in [2.45, 2.75) is 62.8 Å². The number of nitrogens with two attached hydrogens (primary N) is 1. The molecule has 1 aliphatic heterocycles. The minimum Gasteiger partial charge on any atom is -0.510 e. The number of primary amides is 1. The van der Waals surface area contributed by atoms with E-state index in [1.54, 1.807) is 32.2 Å². The standard InChI is InChI=1S/C30H37N3O7/c1-29(7-6-8-29)33(4)12-15-11-19(34)21-16(26(15)39-5)9-14-10-17-23(32(2)3)25(36)22(28(31)38)18-13-40-30(17,18)27(37)20(14)24(21)35/h11,13-14,17,23,34-36H,6-10,12H2,1-5H3,(H2,31,38)/t14-,17-,23-,30+/m0/s1. The Kier molecular flexibility index (Phi) is 5.84. The second-order valence-corrected chi connectivity index (χ2v) is 12.4. The molecule has 4 aliphatic carbocycles. The molecule has 5 aliphatic rings. The van der Waals surface area contributed by atoms with Crippen LogP contribution < -0.4 is 10.5 Å². The highest BCUT2D eigenvalue weighted by Crippen LogP contribution is 2.60. The molecule has 0 aromatic heterocycles. The molecule has 0 bridgehead atoms. The number of phenols is 1. The topological polar surface area (TPSA) is 146 Å². The van der Waals surface area contributed by atoms with E-state index in [9.17, 15) is 24.9 Å². The van der Waals surface area contributed by atoms with Crippen LogP contribution in [-0.4, -0.2) is 82.2 Å². The summed E-state index contributed by atoms with van der Waals surface area (Å²) in [6.07, 6.45) is 5.42. The molecule has 1 spiro atoms. The summed E-state index contributed by atoms with van der Waals surface area (Å²) in [4.78, 5) is 30.7. The van der Waals surface area contributed by atoms with E-state index in [0.29, 0.717) is 30.7 Å². The largest absolute Gasteiger partial charge is 0.510 e. The van der Waals surface area contributed by atoms with Crippen LogP contribution in [0.5, 0.6) is 11.5 Å². The van der Waals surface area contributed by atoms with Crippen LogP contribution in [0.1, 0.15) is 49.3 Å². The first-order valence-corrected chi connectivity index (χ1v) is 13.8. The van der Waals surface area contributed by atoms with Crippen LogP contribution in [0.15, 0.2) is 34.8 Å². The number of methoxy groups -OCH3 is 1. The first-order chi connectivity index (χ1) is 18.9. The highest BCUT2D eigenvalue weighted by atomic mass is 16.5. The van der Waals surface area contributed by atoms with Crippen molar-refractivity contribution in [1.82, 2.24) is 9.80 Å². The van der Waals surface area contributed by atoms with Gasteiger partial charge in [-0.1, -0.05) is 0 Å². The third-order valence-electron chi connectivity index (χ3n) is 10.1. The molecule has 10 nitrogen and oxygen atoms in total. The van der Waals surface area contributed by atoms with Crippen LogP contribution >= 0.6 is 0 Å². The summed E-state index contributed by atoms with van der Waals surface area (Å²) in [6.45, 7) is 2.79. The van der Waals surface area contributed by atoms with Gasteiger partial charge in [-0.2, -0.15) is 0 Å². The number of aliphatic hydroxyl groups is 2. The van der Waals surface area contributed by atoms with Gasteiger partial charge >= 0.3 is 0 Å². The lowest BCUT2D eigenvalue weighted by atomic mass is 9.54. The summed E-state index contributed by atoms with van der Waals surface area (Å²) in [7, 11) is 7.17. The minimum absolute atomic E-state index is 0.0886. The molecular formula is C30H37N3O7.